The molecule has 0 heterocycles. The Bertz CT molecular complexity index is 1230. The zero-order chi connectivity index (χ0) is 23.8. The summed E-state index contributed by atoms with van der Waals surface area (Å²) < 4.78 is 13.3. The van der Waals surface area contributed by atoms with Crippen LogP contribution < -0.4 is 14.8 Å². The largest absolute Gasteiger partial charge is 0.493 e. The van der Waals surface area contributed by atoms with Crippen LogP contribution in [0.4, 0.5) is 5.69 Å². The Morgan fingerprint density at radius 2 is 1.85 bits per heavy atom. The van der Waals surface area contributed by atoms with Gasteiger partial charge in [-0.25, -0.2) is 0 Å². The number of hydrogen-bond donors (Lipinski definition) is 1. The van der Waals surface area contributed by atoms with Crippen molar-refractivity contribution >= 4 is 49.5 Å². The molecular formula is C26H22Br2N2O3. The fourth-order valence-electron chi connectivity index (χ4n) is 3.14. The maximum atomic E-state index is 12.7. The molecule has 1 amide bonds. The van der Waals surface area contributed by atoms with Crippen molar-refractivity contribution in [2.24, 2.45) is 0 Å². The van der Waals surface area contributed by atoms with Gasteiger partial charge in [0.05, 0.1) is 7.11 Å². The number of methoxy groups -OCH3 is 1. The smallest absolute Gasteiger partial charge is 0.266 e. The SMILES string of the molecule is CCc1ccccc1NC(=O)/C(C#N)=C\c1ccc(OCc2ccc(Br)cc2Br)c(OC)c1. The van der Waals surface area contributed by atoms with Crippen LogP contribution in [0.1, 0.15) is 23.6 Å². The van der Waals surface area contributed by atoms with Gasteiger partial charge in [-0.05, 0) is 54.0 Å². The summed E-state index contributed by atoms with van der Waals surface area (Å²) in [6.07, 6.45) is 2.30. The minimum Gasteiger partial charge on any atom is -0.493 e. The molecule has 0 aliphatic rings. The quantitative estimate of drug-likeness (QED) is 0.236. The Hall–Kier alpha value is -3.08. The predicted molar refractivity (Wildman–Crippen MR) is 137 cm³/mol. The van der Waals surface area contributed by atoms with E-state index in [0.29, 0.717) is 29.4 Å². The van der Waals surface area contributed by atoms with E-state index in [9.17, 15) is 10.1 Å². The van der Waals surface area contributed by atoms with E-state index in [4.69, 9.17) is 9.47 Å². The third-order valence-corrected chi connectivity index (χ3v) is 6.14. The number of carbonyl (C=O) groups excluding carboxylic acids is 1. The topological polar surface area (TPSA) is 71.4 Å². The van der Waals surface area contributed by atoms with Gasteiger partial charge in [-0.2, -0.15) is 5.26 Å². The molecule has 0 spiro atoms. The van der Waals surface area contributed by atoms with Gasteiger partial charge >= 0.3 is 0 Å². The number of anilines is 1. The molecule has 3 rings (SSSR count). The Morgan fingerprint density at radius 3 is 2.55 bits per heavy atom. The third kappa shape index (κ3) is 6.47. The van der Waals surface area contributed by atoms with Crippen LogP contribution in [-0.2, 0) is 17.8 Å². The summed E-state index contributed by atoms with van der Waals surface area (Å²) in [6, 6.07) is 20.7. The molecule has 0 aliphatic heterocycles. The molecule has 0 atom stereocenters. The number of nitrogens with zero attached hydrogens (tertiary/aromatic N) is 1. The summed E-state index contributed by atoms with van der Waals surface area (Å²) >= 11 is 6.97. The van der Waals surface area contributed by atoms with Gasteiger partial charge < -0.3 is 14.8 Å². The molecule has 3 aromatic rings. The average molecular weight is 570 g/mol. The molecule has 168 valence electrons. The lowest BCUT2D eigenvalue weighted by Crippen LogP contribution is -2.14. The second kappa shape index (κ2) is 11.7. The highest BCUT2D eigenvalue weighted by atomic mass is 79.9. The molecular weight excluding hydrogens is 548 g/mol. The number of nitriles is 1. The minimum atomic E-state index is -0.460. The van der Waals surface area contributed by atoms with E-state index in [1.165, 1.54) is 6.08 Å². The standard InChI is InChI=1S/C26H22Br2N2O3/c1-3-18-6-4-5-7-23(18)30-26(31)20(15-29)12-17-8-11-24(25(13-17)32-2)33-16-19-9-10-21(27)14-22(19)28/h4-14H,3,16H2,1-2H3,(H,30,31)/b20-12-. The fourth-order valence-corrected chi connectivity index (χ4v) is 4.30. The van der Waals surface area contributed by atoms with E-state index in [-0.39, 0.29) is 5.57 Å². The molecule has 0 fully saturated rings. The van der Waals surface area contributed by atoms with Gasteiger partial charge in [-0.3, -0.25) is 4.79 Å². The van der Waals surface area contributed by atoms with E-state index in [1.807, 2.05) is 55.5 Å². The number of para-hydroxylation sites is 1. The predicted octanol–water partition coefficient (Wildman–Crippen LogP) is 6.91. The van der Waals surface area contributed by atoms with Gasteiger partial charge in [0.15, 0.2) is 11.5 Å². The zero-order valence-electron chi connectivity index (χ0n) is 18.2. The first-order chi connectivity index (χ1) is 15.9. The number of aryl methyl sites for hydroxylation is 1. The van der Waals surface area contributed by atoms with Crippen LogP contribution in [0.25, 0.3) is 6.08 Å². The minimum absolute atomic E-state index is 0.00424. The maximum Gasteiger partial charge on any atom is 0.266 e. The third-order valence-electron chi connectivity index (χ3n) is 4.91. The molecule has 3 aromatic carbocycles. The van der Waals surface area contributed by atoms with Crippen molar-refractivity contribution in [1.29, 1.82) is 5.26 Å². The molecule has 0 aromatic heterocycles. The van der Waals surface area contributed by atoms with Crippen LogP contribution in [0.2, 0.25) is 0 Å². The maximum absolute atomic E-state index is 12.7. The lowest BCUT2D eigenvalue weighted by atomic mass is 10.1. The van der Waals surface area contributed by atoms with Crippen molar-refractivity contribution in [3.05, 3.63) is 91.9 Å². The van der Waals surface area contributed by atoms with Crippen molar-refractivity contribution in [3.8, 4) is 17.6 Å². The van der Waals surface area contributed by atoms with E-state index in [2.05, 4.69) is 37.2 Å². The number of amides is 1. The van der Waals surface area contributed by atoms with Crippen LogP contribution >= 0.6 is 31.9 Å². The first-order valence-corrected chi connectivity index (χ1v) is 11.8. The van der Waals surface area contributed by atoms with Gasteiger partial charge in [0.25, 0.3) is 5.91 Å². The fraction of sp³-hybridized carbons (Fsp3) is 0.154. The van der Waals surface area contributed by atoms with Crippen molar-refractivity contribution in [1.82, 2.24) is 0 Å². The average Bonchev–Trinajstić information content (AvgIpc) is 2.82. The van der Waals surface area contributed by atoms with Gasteiger partial charge in [-0.1, -0.05) is 69.1 Å². The van der Waals surface area contributed by atoms with Crippen LogP contribution in [0.3, 0.4) is 0 Å². The normalized spacial score (nSPS) is 10.9. The molecule has 1 N–H and O–H groups in total. The Morgan fingerprint density at radius 1 is 1.06 bits per heavy atom. The summed E-state index contributed by atoms with van der Waals surface area (Å²) in [6.45, 7) is 2.36. The van der Waals surface area contributed by atoms with Crippen LogP contribution in [-0.4, -0.2) is 13.0 Å². The number of hydrogen-bond acceptors (Lipinski definition) is 4. The number of halogens is 2. The number of nitrogens with one attached hydrogen (secondary N) is 1. The van der Waals surface area contributed by atoms with Crippen molar-refractivity contribution in [3.63, 3.8) is 0 Å². The Labute approximate surface area is 210 Å². The van der Waals surface area contributed by atoms with Gasteiger partial charge in [0.1, 0.15) is 18.2 Å². The monoisotopic (exact) mass is 568 g/mol. The van der Waals surface area contributed by atoms with E-state index in [0.717, 1.165) is 26.5 Å². The number of carbonyl (C=O) groups is 1. The summed E-state index contributed by atoms with van der Waals surface area (Å²) in [5.74, 6) is 0.605. The summed E-state index contributed by atoms with van der Waals surface area (Å²) in [4.78, 5) is 12.7. The van der Waals surface area contributed by atoms with E-state index >= 15 is 0 Å². The van der Waals surface area contributed by atoms with Crippen molar-refractivity contribution < 1.29 is 14.3 Å². The number of ether oxygens (including phenoxy) is 2. The molecule has 7 heteroatoms. The van der Waals surface area contributed by atoms with E-state index < -0.39 is 5.91 Å². The first-order valence-electron chi connectivity index (χ1n) is 10.2. The molecule has 33 heavy (non-hydrogen) atoms. The van der Waals surface area contributed by atoms with Gasteiger partial charge in [-0.15, -0.1) is 0 Å². The summed E-state index contributed by atoms with van der Waals surface area (Å²) in [7, 11) is 1.55. The Balaban J connectivity index is 1.77. The molecule has 0 bridgehead atoms. The lowest BCUT2D eigenvalue weighted by Gasteiger charge is -2.13. The summed E-state index contributed by atoms with van der Waals surface area (Å²) in [5, 5.41) is 12.4. The number of rotatable bonds is 8. The molecule has 0 radical (unpaired) electrons. The highest BCUT2D eigenvalue weighted by Crippen LogP contribution is 2.31. The molecule has 0 saturated heterocycles. The van der Waals surface area contributed by atoms with E-state index in [1.54, 1.807) is 25.3 Å². The number of benzene rings is 3. The Kier molecular flexibility index (Phi) is 8.70. The van der Waals surface area contributed by atoms with Crippen LogP contribution in [0.15, 0.2) is 75.2 Å². The summed E-state index contributed by atoms with van der Waals surface area (Å²) in [5.41, 5.74) is 3.34. The van der Waals surface area contributed by atoms with Crippen molar-refractivity contribution in [2.75, 3.05) is 12.4 Å². The molecule has 5 nitrogen and oxygen atoms in total. The van der Waals surface area contributed by atoms with Crippen molar-refractivity contribution in [2.45, 2.75) is 20.0 Å². The van der Waals surface area contributed by atoms with Crippen LogP contribution in [0, 0.1) is 11.3 Å². The van der Waals surface area contributed by atoms with Crippen LogP contribution in [0.5, 0.6) is 11.5 Å². The second-order valence-corrected chi connectivity index (χ2v) is 8.84. The second-order valence-electron chi connectivity index (χ2n) is 7.07. The first kappa shape index (κ1) is 24.6. The zero-order valence-corrected chi connectivity index (χ0v) is 21.4. The highest BCUT2D eigenvalue weighted by molar-refractivity contribution is 9.11. The highest BCUT2D eigenvalue weighted by Gasteiger charge is 2.13. The van der Waals surface area contributed by atoms with Gasteiger partial charge in [0, 0.05) is 20.2 Å². The molecule has 0 saturated carbocycles. The molecule has 0 unspecified atom stereocenters. The molecule has 0 aliphatic carbocycles. The lowest BCUT2D eigenvalue weighted by molar-refractivity contribution is -0.112. The van der Waals surface area contributed by atoms with Gasteiger partial charge in [0.2, 0.25) is 0 Å².